The van der Waals surface area contributed by atoms with Crippen molar-refractivity contribution < 1.29 is 30.7 Å². The Kier molecular flexibility index (Phi) is 32.2. The molecule has 0 saturated heterocycles. The van der Waals surface area contributed by atoms with Crippen LogP contribution in [0.15, 0.2) is 48.5 Å². The molecule has 0 spiro atoms. The Hall–Kier alpha value is -1.23. The van der Waals surface area contributed by atoms with Gasteiger partial charge in [0.2, 0.25) is 0 Å². The summed E-state index contributed by atoms with van der Waals surface area (Å²) in [5, 5.41) is 0. The van der Waals surface area contributed by atoms with E-state index in [4.69, 9.17) is 9.47 Å². The molecular formula is C48H82IO2-. The molecular weight excluding hydrogens is 735 g/mol. The fraction of sp³-hybridized carbons (Fsp3) is 0.750. The van der Waals surface area contributed by atoms with Crippen LogP contribution < -0.4 is 30.7 Å². The average Bonchev–Trinajstić information content (AvgIpc) is 3.15. The van der Waals surface area contributed by atoms with Gasteiger partial charge in [-0.25, -0.2) is 0 Å². The van der Waals surface area contributed by atoms with E-state index in [9.17, 15) is 0 Å². The molecule has 0 atom stereocenters. The molecule has 0 aliphatic carbocycles. The number of halogens is 1. The van der Waals surface area contributed by atoms with Gasteiger partial charge in [0, 0.05) is 0 Å². The molecule has 0 aliphatic heterocycles. The number of hydrogen-bond acceptors (Lipinski definition) is 2. The van der Waals surface area contributed by atoms with Crippen LogP contribution in [-0.4, -0.2) is 13.2 Å². The van der Waals surface area contributed by atoms with Gasteiger partial charge in [-0.3, -0.25) is 0 Å². The van der Waals surface area contributed by atoms with Crippen molar-refractivity contribution >= 4 is 0 Å². The van der Waals surface area contributed by atoms with Gasteiger partial charge in [-0.1, -0.05) is 142 Å². The minimum atomic E-state index is -0.181. The van der Waals surface area contributed by atoms with Crippen molar-refractivity contribution in [2.75, 3.05) is 13.2 Å². The van der Waals surface area contributed by atoms with E-state index >= 15 is 0 Å². The second kappa shape index (κ2) is 35.8. The molecule has 0 aromatic heterocycles. The molecule has 2 aromatic carbocycles. The van der Waals surface area contributed by atoms with Crippen molar-refractivity contribution in [3.05, 3.63) is 55.7 Å². The van der Waals surface area contributed by atoms with Crippen LogP contribution in [0.3, 0.4) is 0 Å². The van der Waals surface area contributed by atoms with Gasteiger partial charge in [-0.15, -0.1) is 0 Å². The second-order valence-corrected chi connectivity index (χ2v) is 18.3. The fourth-order valence-electron chi connectivity index (χ4n) is 6.99. The Labute approximate surface area is 328 Å². The summed E-state index contributed by atoms with van der Waals surface area (Å²) in [5.41, 5.74) is 0. The van der Waals surface area contributed by atoms with E-state index in [0.29, 0.717) is 0 Å². The van der Waals surface area contributed by atoms with Gasteiger partial charge in [-0.2, -0.15) is 0 Å². The maximum atomic E-state index is 6.05. The van der Waals surface area contributed by atoms with Gasteiger partial charge < -0.3 is 0 Å². The zero-order chi connectivity index (χ0) is 36.1. The van der Waals surface area contributed by atoms with Gasteiger partial charge in [0.15, 0.2) is 0 Å². The SMILES string of the molecule is CCCCCCCCCCCCCCCCCCOc1ccc([I-]c2ccc(OCCCCCCCCCCCCCCCCCC)cc2)cc1. The number of ether oxygens (including phenoxy) is 2. The molecule has 0 heterocycles. The molecule has 0 fully saturated rings. The third kappa shape index (κ3) is 28.9. The molecule has 51 heavy (non-hydrogen) atoms. The van der Waals surface area contributed by atoms with Crippen LogP contribution >= 0.6 is 0 Å². The summed E-state index contributed by atoms with van der Waals surface area (Å²) in [5.74, 6) is 2.03. The number of unbranched alkanes of at least 4 members (excludes halogenated alkanes) is 30. The zero-order valence-corrected chi connectivity index (χ0v) is 36.0. The quantitative estimate of drug-likeness (QED) is 0.0496. The van der Waals surface area contributed by atoms with Gasteiger partial charge in [0.1, 0.15) is 0 Å². The van der Waals surface area contributed by atoms with Crippen LogP contribution in [0.4, 0.5) is 0 Å². The van der Waals surface area contributed by atoms with Gasteiger partial charge >= 0.3 is 188 Å². The molecule has 0 saturated carbocycles. The Balaban J connectivity index is 1.36. The Morgan fingerprint density at radius 1 is 0.294 bits per heavy atom. The van der Waals surface area contributed by atoms with E-state index in [1.165, 1.54) is 213 Å². The number of rotatable bonds is 38. The molecule has 0 bridgehead atoms. The summed E-state index contributed by atoms with van der Waals surface area (Å²) in [7, 11) is 0. The first-order valence-corrected chi connectivity index (χ1v) is 24.6. The van der Waals surface area contributed by atoms with Crippen molar-refractivity contribution in [1.82, 2.24) is 0 Å². The van der Waals surface area contributed by atoms with Crippen molar-refractivity contribution in [3.8, 4) is 11.5 Å². The number of benzene rings is 2. The summed E-state index contributed by atoms with van der Waals surface area (Å²) < 4.78 is 15.0. The molecule has 3 heteroatoms. The molecule has 0 radical (unpaired) electrons. The predicted molar refractivity (Wildman–Crippen MR) is 220 cm³/mol. The summed E-state index contributed by atoms with van der Waals surface area (Å²) >= 11 is -0.181. The minimum absolute atomic E-state index is 0.181. The Morgan fingerprint density at radius 3 is 0.745 bits per heavy atom. The summed E-state index contributed by atoms with van der Waals surface area (Å²) in [6, 6.07) is 17.7. The first kappa shape index (κ1) is 45.9. The van der Waals surface area contributed by atoms with E-state index in [-0.39, 0.29) is 21.2 Å². The van der Waals surface area contributed by atoms with Gasteiger partial charge in [-0.05, 0) is 0 Å². The summed E-state index contributed by atoms with van der Waals surface area (Å²) in [6.45, 7) is 6.28. The first-order valence-electron chi connectivity index (χ1n) is 22.4. The van der Waals surface area contributed by atoms with Crippen LogP contribution in [0.5, 0.6) is 11.5 Å². The van der Waals surface area contributed by atoms with Gasteiger partial charge in [0.25, 0.3) is 0 Å². The fourth-order valence-corrected chi connectivity index (χ4v) is 9.15. The van der Waals surface area contributed by atoms with E-state index < -0.39 is 0 Å². The van der Waals surface area contributed by atoms with E-state index in [1.807, 2.05) is 0 Å². The molecule has 0 aliphatic rings. The molecule has 294 valence electrons. The number of hydrogen-bond donors (Lipinski definition) is 0. The molecule has 0 unspecified atom stereocenters. The third-order valence-corrected chi connectivity index (χ3v) is 13.1. The molecule has 2 nitrogen and oxygen atoms in total. The monoisotopic (exact) mass is 818 g/mol. The van der Waals surface area contributed by atoms with E-state index in [0.717, 1.165) is 24.7 Å². The van der Waals surface area contributed by atoms with Crippen molar-refractivity contribution in [2.45, 2.75) is 219 Å². The second-order valence-electron chi connectivity index (χ2n) is 15.3. The average molecular weight is 818 g/mol. The Bertz CT molecular complexity index is 892. The molecule has 0 N–H and O–H groups in total. The van der Waals surface area contributed by atoms with Crippen molar-refractivity contribution in [1.29, 1.82) is 0 Å². The summed E-state index contributed by atoms with van der Waals surface area (Å²) in [4.78, 5) is 0. The molecule has 2 aromatic rings. The van der Waals surface area contributed by atoms with E-state index in [1.54, 1.807) is 0 Å². The Morgan fingerprint density at radius 2 is 0.510 bits per heavy atom. The summed E-state index contributed by atoms with van der Waals surface area (Å²) in [6.07, 6.45) is 44.9. The maximum absolute atomic E-state index is 6.05. The van der Waals surface area contributed by atoms with Gasteiger partial charge in [0.05, 0.1) is 0 Å². The van der Waals surface area contributed by atoms with Crippen LogP contribution in [0, 0.1) is 7.14 Å². The predicted octanol–water partition coefficient (Wildman–Crippen LogP) is 13.1. The standard InChI is InChI=1S/C48H82IO2/c1-3-5-7-9-11-13-15-17-19-21-23-25-27-29-31-33-43-50-47-39-35-45(36-40-47)49-46-37-41-48(42-38-46)51-44-34-32-30-28-26-24-22-20-18-16-14-12-10-8-6-4-2/h35-42H,3-34,43-44H2,1-2H3/q-1. The normalized spacial score (nSPS) is 11.4. The third-order valence-electron chi connectivity index (χ3n) is 10.4. The molecule has 2 rings (SSSR count). The topological polar surface area (TPSA) is 18.5 Å². The van der Waals surface area contributed by atoms with Crippen LogP contribution in [0.25, 0.3) is 0 Å². The van der Waals surface area contributed by atoms with E-state index in [2.05, 4.69) is 62.4 Å². The van der Waals surface area contributed by atoms with Crippen molar-refractivity contribution in [3.63, 3.8) is 0 Å². The van der Waals surface area contributed by atoms with Crippen LogP contribution in [0.1, 0.15) is 219 Å². The zero-order valence-electron chi connectivity index (χ0n) is 33.9. The van der Waals surface area contributed by atoms with Crippen LogP contribution in [0.2, 0.25) is 0 Å². The molecule has 0 amide bonds. The van der Waals surface area contributed by atoms with Crippen molar-refractivity contribution in [2.24, 2.45) is 0 Å². The first-order chi connectivity index (χ1) is 25.3. The van der Waals surface area contributed by atoms with Crippen LogP contribution in [-0.2, 0) is 0 Å².